The molecule has 2 heterocycles. The maximum Gasteiger partial charge on any atom is 0.229 e. The Morgan fingerprint density at radius 2 is 2.12 bits per heavy atom. The number of nitrogens with one attached hydrogen (secondary N) is 2. The van der Waals surface area contributed by atoms with Gasteiger partial charge in [-0.25, -0.2) is 0 Å². The lowest BCUT2D eigenvalue weighted by atomic mass is 9.90. The highest BCUT2D eigenvalue weighted by atomic mass is 35.5. The first-order valence-electron chi connectivity index (χ1n) is 8.30. The van der Waals surface area contributed by atoms with Crippen LogP contribution < -0.4 is 10.6 Å². The molecule has 2 N–H and O–H groups in total. The lowest BCUT2D eigenvalue weighted by Gasteiger charge is -2.18. The number of carbonyl (C=O) groups is 1. The predicted molar refractivity (Wildman–Crippen MR) is 106 cm³/mol. The molecule has 7 heteroatoms. The van der Waals surface area contributed by atoms with E-state index in [0.717, 1.165) is 22.7 Å². The van der Waals surface area contributed by atoms with Crippen LogP contribution in [0.1, 0.15) is 25.3 Å². The molecule has 1 saturated heterocycles. The van der Waals surface area contributed by atoms with E-state index in [1.165, 1.54) is 0 Å². The molecule has 136 valence electrons. The topological polar surface area (TPSA) is 59.0 Å². The van der Waals surface area contributed by atoms with Crippen LogP contribution in [-0.2, 0) is 11.8 Å². The van der Waals surface area contributed by atoms with Gasteiger partial charge in [0.1, 0.15) is 0 Å². The highest BCUT2D eigenvalue weighted by molar-refractivity contribution is 8.00. The zero-order valence-electron chi connectivity index (χ0n) is 14.7. The number of carbonyl (C=O) groups excluding carboxylic acids is 1. The first kappa shape index (κ1) is 19.8. The molecular weight excluding hydrogens is 356 g/mol. The molecular formula is C18H25ClN4OS. The summed E-state index contributed by atoms with van der Waals surface area (Å²) in [6.45, 7) is 5.82. The maximum absolute atomic E-state index is 12.9. The fourth-order valence-corrected chi connectivity index (χ4v) is 4.00. The van der Waals surface area contributed by atoms with Gasteiger partial charge in [-0.1, -0.05) is 26.0 Å². The van der Waals surface area contributed by atoms with Gasteiger partial charge < -0.3 is 10.6 Å². The Morgan fingerprint density at radius 3 is 2.80 bits per heavy atom. The molecule has 1 aliphatic rings. The fourth-order valence-electron chi connectivity index (χ4n) is 3.09. The van der Waals surface area contributed by atoms with Gasteiger partial charge in [-0.2, -0.15) is 5.10 Å². The lowest BCUT2D eigenvalue weighted by Crippen LogP contribution is -2.28. The van der Waals surface area contributed by atoms with Crippen LogP contribution in [0, 0.1) is 5.92 Å². The highest BCUT2D eigenvalue weighted by Crippen LogP contribution is 2.32. The maximum atomic E-state index is 12.9. The van der Waals surface area contributed by atoms with Gasteiger partial charge in [-0.15, -0.1) is 24.2 Å². The molecule has 1 amide bonds. The number of benzene rings is 1. The molecule has 2 atom stereocenters. The summed E-state index contributed by atoms with van der Waals surface area (Å²) in [4.78, 5) is 14.0. The number of aryl methyl sites for hydroxylation is 1. The minimum Gasteiger partial charge on any atom is -0.325 e. The van der Waals surface area contributed by atoms with Crippen molar-refractivity contribution < 1.29 is 4.79 Å². The second-order valence-electron chi connectivity index (χ2n) is 6.47. The van der Waals surface area contributed by atoms with Crippen molar-refractivity contribution in [2.24, 2.45) is 13.0 Å². The zero-order chi connectivity index (χ0) is 17.1. The van der Waals surface area contributed by atoms with Gasteiger partial charge in [0.25, 0.3) is 0 Å². The Labute approximate surface area is 159 Å². The van der Waals surface area contributed by atoms with Gasteiger partial charge in [0.05, 0.1) is 17.8 Å². The number of thioether (sulfide) groups is 1. The first-order valence-corrected chi connectivity index (χ1v) is 9.18. The number of anilines is 1. The minimum atomic E-state index is -0.0775. The van der Waals surface area contributed by atoms with E-state index in [0.29, 0.717) is 11.8 Å². The van der Waals surface area contributed by atoms with Crippen LogP contribution in [0.2, 0.25) is 0 Å². The highest BCUT2D eigenvalue weighted by Gasteiger charge is 2.34. The number of halogens is 1. The van der Waals surface area contributed by atoms with Crippen LogP contribution >= 0.6 is 24.2 Å². The summed E-state index contributed by atoms with van der Waals surface area (Å²) < 4.78 is 1.79. The van der Waals surface area contributed by atoms with Crippen LogP contribution in [0.3, 0.4) is 0 Å². The Balaban J connectivity index is 0.00000225. The number of nitrogens with zero attached hydrogens (tertiary/aromatic N) is 2. The quantitative estimate of drug-likeness (QED) is 0.781. The summed E-state index contributed by atoms with van der Waals surface area (Å²) in [6, 6.07) is 8.01. The van der Waals surface area contributed by atoms with E-state index in [2.05, 4.69) is 35.6 Å². The van der Waals surface area contributed by atoms with Crippen molar-refractivity contribution in [2.75, 3.05) is 18.4 Å². The molecule has 1 aromatic carbocycles. The summed E-state index contributed by atoms with van der Waals surface area (Å²) in [7, 11) is 1.90. The molecule has 0 unspecified atom stereocenters. The Kier molecular flexibility index (Phi) is 6.93. The van der Waals surface area contributed by atoms with Crippen LogP contribution in [0.25, 0.3) is 0 Å². The molecule has 0 saturated carbocycles. The molecule has 3 rings (SSSR count). The smallest absolute Gasteiger partial charge is 0.229 e. The van der Waals surface area contributed by atoms with Crippen LogP contribution in [0.15, 0.2) is 41.6 Å². The van der Waals surface area contributed by atoms with E-state index in [9.17, 15) is 4.79 Å². The molecule has 1 fully saturated rings. The fraction of sp³-hybridized carbons (Fsp3) is 0.444. The van der Waals surface area contributed by atoms with E-state index in [1.807, 2.05) is 37.6 Å². The molecule has 1 aromatic heterocycles. The molecule has 2 aromatic rings. The normalized spacial score (nSPS) is 19.7. The third-order valence-corrected chi connectivity index (χ3v) is 5.29. The Bertz CT molecular complexity index is 719. The van der Waals surface area contributed by atoms with E-state index in [4.69, 9.17) is 0 Å². The SMILES string of the molecule is CC(C)Sc1ccccc1NC(=O)[C@H]1CNC[C@@H]1c1cnn(C)c1.Cl. The molecule has 0 bridgehead atoms. The number of hydrogen-bond donors (Lipinski definition) is 2. The first-order chi connectivity index (χ1) is 11.5. The van der Waals surface area contributed by atoms with E-state index in [-0.39, 0.29) is 30.2 Å². The van der Waals surface area contributed by atoms with Gasteiger partial charge in [0.2, 0.25) is 5.91 Å². The van der Waals surface area contributed by atoms with E-state index >= 15 is 0 Å². The number of aromatic nitrogens is 2. The van der Waals surface area contributed by atoms with Crippen LogP contribution in [-0.4, -0.2) is 34.0 Å². The summed E-state index contributed by atoms with van der Waals surface area (Å²) in [5, 5.41) is 11.2. The van der Waals surface area contributed by atoms with Gasteiger partial charge in [0, 0.05) is 42.4 Å². The number of amides is 1. The standard InChI is InChI=1S/C18H24N4OS.ClH/c1-12(2)24-17-7-5-4-6-16(17)21-18(23)15-10-19-9-14(15)13-8-20-22(3)11-13;/h4-8,11-12,14-15,19H,9-10H2,1-3H3,(H,21,23);1H/t14-,15+;/m1./s1. The molecule has 0 aliphatic carbocycles. The third kappa shape index (κ3) is 4.77. The van der Waals surface area contributed by atoms with Crippen molar-refractivity contribution in [1.82, 2.24) is 15.1 Å². The molecule has 25 heavy (non-hydrogen) atoms. The van der Waals surface area contributed by atoms with Crippen molar-refractivity contribution >= 4 is 35.8 Å². The van der Waals surface area contributed by atoms with Crippen LogP contribution in [0.4, 0.5) is 5.69 Å². The lowest BCUT2D eigenvalue weighted by molar-refractivity contribution is -0.119. The van der Waals surface area contributed by atoms with Crippen molar-refractivity contribution in [1.29, 1.82) is 0 Å². The second kappa shape index (κ2) is 8.74. The molecule has 5 nitrogen and oxygen atoms in total. The van der Waals surface area contributed by atoms with E-state index < -0.39 is 0 Å². The average Bonchev–Trinajstić information content (AvgIpc) is 3.17. The number of rotatable bonds is 5. The minimum absolute atomic E-state index is 0. The van der Waals surface area contributed by atoms with Gasteiger partial charge in [0.15, 0.2) is 0 Å². The van der Waals surface area contributed by atoms with Gasteiger partial charge in [-0.05, 0) is 17.7 Å². The Hall–Kier alpha value is -1.50. The largest absolute Gasteiger partial charge is 0.325 e. The third-order valence-electron chi connectivity index (χ3n) is 4.21. The summed E-state index contributed by atoms with van der Waals surface area (Å²) in [5.74, 6) is 0.167. The monoisotopic (exact) mass is 380 g/mol. The predicted octanol–water partition coefficient (Wildman–Crippen LogP) is 3.28. The molecule has 0 radical (unpaired) electrons. The second-order valence-corrected chi connectivity index (χ2v) is 8.09. The molecule has 0 spiro atoms. The van der Waals surface area contributed by atoms with Crippen LogP contribution in [0.5, 0.6) is 0 Å². The van der Waals surface area contributed by atoms with E-state index in [1.54, 1.807) is 16.4 Å². The van der Waals surface area contributed by atoms with Gasteiger partial charge in [-0.3, -0.25) is 9.48 Å². The summed E-state index contributed by atoms with van der Waals surface area (Å²) in [6.07, 6.45) is 3.86. The number of para-hydroxylation sites is 1. The Morgan fingerprint density at radius 1 is 1.36 bits per heavy atom. The van der Waals surface area contributed by atoms with Crippen molar-refractivity contribution in [3.8, 4) is 0 Å². The molecule has 1 aliphatic heterocycles. The summed E-state index contributed by atoms with van der Waals surface area (Å²) >= 11 is 1.77. The van der Waals surface area contributed by atoms with Crippen molar-refractivity contribution in [3.63, 3.8) is 0 Å². The number of hydrogen-bond acceptors (Lipinski definition) is 4. The van der Waals surface area contributed by atoms with Gasteiger partial charge >= 0.3 is 0 Å². The average molecular weight is 381 g/mol. The zero-order valence-corrected chi connectivity index (χ0v) is 16.4. The summed E-state index contributed by atoms with van der Waals surface area (Å²) in [5.41, 5.74) is 2.02. The van der Waals surface area contributed by atoms with Crippen molar-refractivity contribution in [3.05, 3.63) is 42.2 Å². The van der Waals surface area contributed by atoms with Crippen molar-refractivity contribution in [2.45, 2.75) is 29.9 Å².